The Balaban J connectivity index is 2.43. The maximum Gasteiger partial charge on any atom is 0.219 e. The fourth-order valence-corrected chi connectivity index (χ4v) is 1.11. The molecule has 1 atom stereocenters. The zero-order valence-electron chi connectivity index (χ0n) is 5.80. The van der Waals surface area contributed by atoms with Gasteiger partial charge in [-0.15, -0.1) is 0 Å². The summed E-state index contributed by atoms with van der Waals surface area (Å²) in [5.74, 6) is -0.354. The molecule has 1 amide bonds. The molecule has 4 nitrogen and oxygen atoms in total. The highest BCUT2D eigenvalue weighted by molar-refractivity contribution is 5.75. The minimum absolute atomic E-state index is 0.229. The van der Waals surface area contributed by atoms with Crippen LogP contribution in [0.4, 0.5) is 0 Å². The Hall–Kier alpha value is -0.610. The highest BCUT2D eigenvalue weighted by Gasteiger charge is 2.31. The quantitative estimate of drug-likeness (QED) is 0.520. The van der Waals surface area contributed by atoms with Crippen molar-refractivity contribution in [3.8, 4) is 0 Å². The number of carbonyl (C=O) groups is 1. The predicted octanol–water partition coefficient (Wildman–Crippen LogP) is -1.02. The van der Waals surface area contributed by atoms with E-state index < -0.39 is 5.54 Å². The zero-order chi connectivity index (χ0) is 7.61. The number of hydrogen-bond acceptors (Lipinski definition) is 3. The van der Waals surface area contributed by atoms with Crippen LogP contribution in [0.5, 0.6) is 0 Å². The van der Waals surface area contributed by atoms with Gasteiger partial charge in [-0.05, 0) is 6.42 Å². The molecule has 4 heteroatoms. The number of rotatable bonds is 2. The predicted molar refractivity (Wildman–Crippen MR) is 36.2 cm³/mol. The van der Waals surface area contributed by atoms with Gasteiger partial charge in [-0.3, -0.25) is 4.79 Å². The normalized spacial score (nSPS) is 32.5. The lowest BCUT2D eigenvalue weighted by molar-refractivity contribution is -0.119. The number of nitrogens with two attached hydrogens (primary N) is 2. The van der Waals surface area contributed by atoms with E-state index in [0.717, 1.165) is 6.42 Å². The van der Waals surface area contributed by atoms with Crippen molar-refractivity contribution in [2.45, 2.75) is 18.4 Å². The van der Waals surface area contributed by atoms with Gasteiger partial charge in [-0.2, -0.15) is 0 Å². The molecule has 0 spiro atoms. The smallest absolute Gasteiger partial charge is 0.219 e. The third-order valence-corrected chi connectivity index (χ3v) is 1.66. The third kappa shape index (κ3) is 1.68. The molecule has 0 aliphatic carbocycles. The van der Waals surface area contributed by atoms with Crippen LogP contribution in [0.3, 0.4) is 0 Å². The van der Waals surface area contributed by atoms with Gasteiger partial charge >= 0.3 is 0 Å². The third-order valence-electron chi connectivity index (χ3n) is 1.66. The molecule has 10 heavy (non-hydrogen) atoms. The Bertz CT molecular complexity index is 141. The van der Waals surface area contributed by atoms with Crippen molar-refractivity contribution in [1.29, 1.82) is 0 Å². The Morgan fingerprint density at radius 1 is 1.70 bits per heavy atom. The van der Waals surface area contributed by atoms with Crippen LogP contribution in [0.15, 0.2) is 0 Å². The minimum Gasteiger partial charge on any atom is -0.379 e. The first kappa shape index (κ1) is 7.50. The zero-order valence-corrected chi connectivity index (χ0v) is 5.80. The topological polar surface area (TPSA) is 78.3 Å². The van der Waals surface area contributed by atoms with Crippen molar-refractivity contribution in [3.63, 3.8) is 0 Å². The lowest BCUT2D eigenvalue weighted by atomic mass is 9.96. The highest BCUT2D eigenvalue weighted by Crippen LogP contribution is 2.18. The Morgan fingerprint density at radius 3 is 2.80 bits per heavy atom. The van der Waals surface area contributed by atoms with E-state index in [4.69, 9.17) is 16.2 Å². The van der Waals surface area contributed by atoms with E-state index in [-0.39, 0.29) is 12.3 Å². The summed E-state index contributed by atoms with van der Waals surface area (Å²) in [6.07, 6.45) is 0.961. The first-order valence-electron chi connectivity index (χ1n) is 3.27. The summed E-state index contributed by atoms with van der Waals surface area (Å²) in [5, 5.41) is 0. The Kier molecular flexibility index (Phi) is 1.92. The molecule has 1 aliphatic rings. The van der Waals surface area contributed by atoms with Gasteiger partial charge in [-0.25, -0.2) is 0 Å². The lowest BCUT2D eigenvalue weighted by Gasteiger charge is -2.18. The maximum atomic E-state index is 10.4. The second kappa shape index (κ2) is 2.56. The highest BCUT2D eigenvalue weighted by atomic mass is 16.5. The van der Waals surface area contributed by atoms with E-state index in [9.17, 15) is 4.79 Å². The van der Waals surface area contributed by atoms with Gasteiger partial charge in [0, 0.05) is 13.0 Å². The van der Waals surface area contributed by atoms with Crippen LogP contribution in [-0.4, -0.2) is 24.7 Å². The SMILES string of the molecule is NC(=O)C[C@@]1(N)CCOC1. The van der Waals surface area contributed by atoms with Gasteiger partial charge < -0.3 is 16.2 Å². The summed E-state index contributed by atoms with van der Waals surface area (Å²) in [7, 11) is 0. The minimum atomic E-state index is -0.480. The van der Waals surface area contributed by atoms with Gasteiger partial charge in [0.2, 0.25) is 5.91 Å². The van der Waals surface area contributed by atoms with E-state index >= 15 is 0 Å². The average Bonchev–Trinajstić information content (AvgIpc) is 2.12. The number of amides is 1. The van der Waals surface area contributed by atoms with Crippen molar-refractivity contribution in [3.05, 3.63) is 0 Å². The van der Waals surface area contributed by atoms with Crippen LogP contribution in [-0.2, 0) is 9.53 Å². The van der Waals surface area contributed by atoms with E-state index in [2.05, 4.69) is 0 Å². The summed E-state index contributed by atoms with van der Waals surface area (Å²) >= 11 is 0. The number of hydrogen-bond donors (Lipinski definition) is 2. The number of primary amides is 1. The number of ether oxygens (including phenoxy) is 1. The van der Waals surface area contributed by atoms with E-state index in [1.807, 2.05) is 0 Å². The van der Waals surface area contributed by atoms with Crippen molar-refractivity contribution < 1.29 is 9.53 Å². The molecule has 0 saturated carbocycles. The first-order valence-corrected chi connectivity index (χ1v) is 3.27. The van der Waals surface area contributed by atoms with Crippen LogP contribution in [0, 0.1) is 0 Å². The van der Waals surface area contributed by atoms with E-state index in [1.165, 1.54) is 0 Å². The van der Waals surface area contributed by atoms with Crippen LogP contribution < -0.4 is 11.5 Å². The monoisotopic (exact) mass is 144 g/mol. The van der Waals surface area contributed by atoms with Gasteiger partial charge in [-0.1, -0.05) is 0 Å². The lowest BCUT2D eigenvalue weighted by Crippen LogP contribution is -2.43. The molecule has 58 valence electrons. The molecule has 1 saturated heterocycles. The summed E-state index contributed by atoms with van der Waals surface area (Å²) < 4.78 is 5.03. The van der Waals surface area contributed by atoms with Crippen molar-refractivity contribution in [2.24, 2.45) is 11.5 Å². The fraction of sp³-hybridized carbons (Fsp3) is 0.833. The standard InChI is InChI=1S/C6H12N2O2/c7-5(9)3-6(8)1-2-10-4-6/h1-4,8H2,(H2,7,9)/t6-/m0/s1. The molecule has 0 bridgehead atoms. The summed E-state index contributed by atoms with van der Waals surface area (Å²) in [6, 6.07) is 0. The summed E-state index contributed by atoms with van der Waals surface area (Å²) in [4.78, 5) is 10.4. The summed E-state index contributed by atoms with van der Waals surface area (Å²) in [6.45, 7) is 1.10. The van der Waals surface area contributed by atoms with Crippen molar-refractivity contribution in [1.82, 2.24) is 0 Å². The van der Waals surface area contributed by atoms with Gasteiger partial charge in [0.15, 0.2) is 0 Å². The molecule has 0 aromatic carbocycles. The molecule has 0 aromatic rings. The summed E-state index contributed by atoms with van der Waals surface area (Å²) in [5.41, 5.74) is 10.2. The van der Waals surface area contributed by atoms with E-state index in [0.29, 0.717) is 13.2 Å². The molecule has 1 aliphatic heterocycles. The molecule has 1 fully saturated rings. The van der Waals surface area contributed by atoms with Crippen LogP contribution in [0.1, 0.15) is 12.8 Å². The molecule has 0 aromatic heterocycles. The first-order chi connectivity index (χ1) is 4.62. The molecule has 0 radical (unpaired) electrons. The Morgan fingerprint density at radius 2 is 2.40 bits per heavy atom. The average molecular weight is 144 g/mol. The second-order valence-corrected chi connectivity index (χ2v) is 2.81. The van der Waals surface area contributed by atoms with Crippen LogP contribution in [0.2, 0.25) is 0 Å². The second-order valence-electron chi connectivity index (χ2n) is 2.81. The van der Waals surface area contributed by atoms with E-state index in [1.54, 1.807) is 0 Å². The van der Waals surface area contributed by atoms with Gasteiger partial charge in [0.05, 0.1) is 12.1 Å². The molecular weight excluding hydrogens is 132 g/mol. The molecule has 0 unspecified atom stereocenters. The Labute approximate surface area is 59.5 Å². The van der Waals surface area contributed by atoms with Gasteiger partial charge in [0.1, 0.15) is 0 Å². The number of carbonyl (C=O) groups excluding carboxylic acids is 1. The van der Waals surface area contributed by atoms with Gasteiger partial charge in [0.25, 0.3) is 0 Å². The van der Waals surface area contributed by atoms with Crippen LogP contribution >= 0.6 is 0 Å². The molecular formula is C6H12N2O2. The molecule has 1 rings (SSSR count). The molecule has 4 N–H and O–H groups in total. The van der Waals surface area contributed by atoms with Crippen molar-refractivity contribution in [2.75, 3.05) is 13.2 Å². The molecule has 1 heterocycles. The fourth-order valence-electron chi connectivity index (χ4n) is 1.11. The maximum absolute atomic E-state index is 10.4. The largest absolute Gasteiger partial charge is 0.379 e. The van der Waals surface area contributed by atoms with Crippen LogP contribution in [0.25, 0.3) is 0 Å². The van der Waals surface area contributed by atoms with Crippen molar-refractivity contribution >= 4 is 5.91 Å².